The van der Waals surface area contributed by atoms with Crippen molar-refractivity contribution in [3.05, 3.63) is 35.2 Å². The predicted octanol–water partition coefficient (Wildman–Crippen LogP) is 2.43. The van der Waals surface area contributed by atoms with Gasteiger partial charge in [0.1, 0.15) is 0 Å². The van der Waals surface area contributed by atoms with E-state index in [0.717, 1.165) is 30.9 Å². The molecule has 4 rings (SSSR count). The van der Waals surface area contributed by atoms with E-state index in [2.05, 4.69) is 40.6 Å². The fourth-order valence-corrected chi connectivity index (χ4v) is 2.61. The molecule has 0 atom stereocenters. The first-order chi connectivity index (χ1) is 9.24. The second-order valence-corrected chi connectivity index (χ2v) is 5.89. The molecule has 4 nitrogen and oxygen atoms in total. The highest BCUT2D eigenvalue weighted by atomic mass is 16.5. The van der Waals surface area contributed by atoms with Crippen molar-refractivity contribution >= 4 is 0 Å². The minimum absolute atomic E-state index is 0.164. The number of fused-ring (bicyclic) bond motifs is 1. The molecule has 1 aliphatic carbocycles. The standard InChI is InChI=1S/C15H17N3O/c1-15(5-6-15)14-17-13(19-18-14)11-3-2-10-4-7-16-9-12(10)8-11/h2-3,8,16H,4-7,9H2,1H3. The van der Waals surface area contributed by atoms with Crippen LogP contribution in [-0.4, -0.2) is 16.7 Å². The van der Waals surface area contributed by atoms with Crippen LogP contribution in [0.5, 0.6) is 0 Å². The van der Waals surface area contributed by atoms with Crippen LogP contribution < -0.4 is 5.32 Å². The molecular formula is C15H17N3O. The van der Waals surface area contributed by atoms with Crippen LogP contribution in [0.15, 0.2) is 22.7 Å². The van der Waals surface area contributed by atoms with Gasteiger partial charge in [0.2, 0.25) is 0 Å². The van der Waals surface area contributed by atoms with E-state index < -0.39 is 0 Å². The van der Waals surface area contributed by atoms with Crippen molar-refractivity contribution < 1.29 is 4.52 Å². The van der Waals surface area contributed by atoms with Crippen molar-refractivity contribution in [1.29, 1.82) is 0 Å². The Balaban J connectivity index is 1.70. The van der Waals surface area contributed by atoms with Crippen LogP contribution in [0.2, 0.25) is 0 Å². The van der Waals surface area contributed by atoms with Gasteiger partial charge in [-0.3, -0.25) is 0 Å². The summed E-state index contributed by atoms with van der Waals surface area (Å²) in [5, 5.41) is 7.53. The van der Waals surface area contributed by atoms with E-state index >= 15 is 0 Å². The lowest BCUT2D eigenvalue weighted by molar-refractivity contribution is 0.416. The summed E-state index contributed by atoms with van der Waals surface area (Å²) in [6, 6.07) is 6.46. The number of aromatic nitrogens is 2. The second kappa shape index (κ2) is 3.90. The van der Waals surface area contributed by atoms with Crippen molar-refractivity contribution in [2.75, 3.05) is 6.54 Å². The lowest BCUT2D eigenvalue weighted by atomic mass is 9.98. The fourth-order valence-electron chi connectivity index (χ4n) is 2.61. The van der Waals surface area contributed by atoms with Crippen LogP contribution in [0.1, 0.15) is 36.7 Å². The number of hydrogen-bond donors (Lipinski definition) is 1. The molecule has 0 saturated heterocycles. The molecule has 0 unspecified atom stereocenters. The summed E-state index contributed by atoms with van der Waals surface area (Å²) >= 11 is 0. The fraction of sp³-hybridized carbons (Fsp3) is 0.467. The molecular weight excluding hydrogens is 238 g/mol. The molecule has 4 heteroatoms. The first-order valence-corrected chi connectivity index (χ1v) is 6.92. The molecule has 2 heterocycles. The maximum absolute atomic E-state index is 5.43. The van der Waals surface area contributed by atoms with E-state index in [4.69, 9.17) is 4.52 Å². The van der Waals surface area contributed by atoms with Crippen LogP contribution >= 0.6 is 0 Å². The van der Waals surface area contributed by atoms with Crippen molar-refractivity contribution in [3.8, 4) is 11.5 Å². The van der Waals surface area contributed by atoms with Crippen LogP contribution in [0.25, 0.3) is 11.5 Å². The van der Waals surface area contributed by atoms with Crippen LogP contribution in [0.4, 0.5) is 0 Å². The molecule has 2 aromatic rings. The zero-order valence-electron chi connectivity index (χ0n) is 11.1. The molecule has 1 aliphatic heterocycles. The van der Waals surface area contributed by atoms with Crippen LogP contribution in [0, 0.1) is 0 Å². The molecule has 1 aromatic carbocycles. The average Bonchev–Trinajstić information content (AvgIpc) is 3.02. The van der Waals surface area contributed by atoms with E-state index in [9.17, 15) is 0 Å². The summed E-state index contributed by atoms with van der Waals surface area (Å²) in [6.45, 7) is 4.19. The molecule has 0 radical (unpaired) electrons. The third kappa shape index (κ3) is 1.87. The van der Waals surface area contributed by atoms with E-state index in [-0.39, 0.29) is 5.41 Å². The van der Waals surface area contributed by atoms with E-state index in [1.165, 1.54) is 24.0 Å². The third-order valence-corrected chi connectivity index (χ3v) is 4.31. The Bertz CT molecular complexity index is 628. The number of nitrogens with one attached hydrogen (secondary N) is 1. The SMILES string of the molecule is CC1(c2noc(-c3ccc4c(c3)CNCC4)n2)CC1. The predicted molar refractivity (Wildman–Crippen MR) is 71.7 cm³/mol. The van der Waals surface area contributed by atoms with Gasteiger partial charge in [-0.15, -0.1) is 0 Å². The number of rotatable bonds is 2. The Morgan fingerprint density at radius 3 is 3.00 bits per heavy atom. The maximum atomic E-state index is 5.43. The zero-order chi connectivity index (χ0) is 12.9. The summed E-state index contributed by atoms with van der Waals surface area (Å²) in [5.74, 6) is 1.51. The monoisotopic (exact) mass is 255 g/mol. The highest BCUT2D eigenvalue weighted by molar-refractivity contribution is 5.56. The summed E-state index contributed by atoms with van der Waals surface area (Å²) in [5.41, 5.74) is 3.97. The minimum atomic E-state index is 0.164. The van der Waals surface area contributed by atoms with Crippen molar-refractivity contribution in [3.63, 3.8) is 0 Å². The van der Waals surface area contributed by atoms with Gasteiger partial charge in [0.25, 0.3) is 5.89 Å². The number of hydrogen-bond acceptors (Lipinski definition) is 4. The van der Waals surface area contributed by atoms with Gasteiger partial charge >= 0.3 is 0 Å². The van der Waals surface area contributed by atoms with Gasteiger partial charge in [-0.05, 0) is 49.1 Å². The number of benzene rings is 1. The molecule has 2 aliphatic rings. The Labute approximate surface area is 112 Å². The maximum Gasteiger partial charge on any atom is 0.257 e. The Kier molecular flexibility index (Phi) is 2.30. The smallest absolute Gasteiger partial charge is 0.257 e. The first-order valence-electron chi connectivity index (χ1n) is 6.92. The van der Waals surface area contributed by atoms with Gasteiger partial charge in [0.15, 0.2) is 5.82 Å². The highest BCUT2D eigenvalue weighted by Crippen LogP contribution is 2.46. The van der Waals surface area contributed by atoms with Gasteiger partial charge in [-0.1, -0.05) is 18.1 Å². The van der Waals surface area contributed by atoms with Crippen molar-refractivity contribution in [1.82, 2.24) is 15.5 Å². The Hall–Kier alpha value is -1.68. The van der Waals surface area contributed by atoms with Gasteiger partial charge in [0, 0.05) is 17.5 Å². The normalized spacial score (nSPS) is 20.1. The minimum Gasteiger partial charge on any atom is -0.334 e. The number of nitrogens with zero attached hydrogens (tertiary/aromatic N) is 2. The van der Waals surface area contributed by atoms with Crippen molar-refractivity contribution in [2.24, 2.45) is 0 Å². The molecule has 98 valence electrons. The van der Waals surface area contributed by atoms with E-state index in [1.807, 2.05) is 0 Å². The topological polar surface area (TPSA) is 51.0 Å². The Morgan fingerprint density at radius 1 is 1.26 bits per heavy atom. The van der Waals surface area contributed by atoms with Gasteiger partial charge < -0.3 is 9.84 Å². The largest absolute Gasteiger partial charge is 0.334 e. The van der Waals surface area contributed by atoms with Gasteiger partial charge in [0.05, 0.1) is 0 Å². The van der Waals surface area contributed by atoms with Crippen LogP contribution in [-0.2, 0) is 18.4 Å². The highest BCUT2D eigenvalue weighted by Gasteiger charge is 2.43. The van der Waals surface area contributed by atoms with E-state index in [1.54, 1.807) is 0 Å². The molecule has 1 saturated carbocycles. The summed E-state index contributed by atoms with van der Waals surface area (Å²) in [6.07, 6.45) is 3.43. The van der Waals surface area contributed by atoms with E-state index in [0.29, 0.717) is 5.89 Å². The lowest BCUT2D eigenvalue weighted by Crippen LogP contribution is -2.23. The molecule has 0 spiro atoms. The summed E-state index contributed by atoms with van der Waals surface area (Å²) < 4.78 is 5.43. The molecule has 1 N–H and O–H groups in total. The van der Waals surface area contributed by atoms with Crippen molar-refractivity contribution in [2.45, 2.75) is 38.1 Å². The second-order valence-electron chi connectivity index (χ2n) is 5.89. The molecule has 0 bridgehead atoms. The molecule has 0 amide bonds. The summed E-state index contributed by atoms with van der Waals surface area (Å²) in [7, 11) is 0. The van der Waals surface area contributed by atoms with Crippen LogP contribution in [0.3, 0.4) is 0 Å². The molecule has 1 fully saturated rings. The first kappa shape index (κ1) is 11.2. The summed E-state index contributed by atoms with van der Waals surface area (Å²) in [4.78, 5) is 4.56. The van der Waals surface area contributed by atoms with Gasteiger partial charge in [-0.2, -0.15) is 4.98 Å². The molecule has 19 heavy (non-hydrogen) atoms. The lowest BCUT2D eigenvalue weighted by Gasteiger charge is -2.17. The zero-order valence-corrected chi connectivity index (χ0v) is 11.1. The average molecular weight is 255 g/mol. The molecule has 1 aromatic heterocycles. The third-order valence-electron chi connectivity index (χ3n) is 4.31. The quantitative estimate of drug-likeness (QED) is 0.895. The van der Waals surface area contributed by atoms with Gasteiger partial charge in [-0.25, -0.2) is 0 Å². The Morgan fingerprint density at radius 2 is 2.16 bits per heavy atom.